The number of thiocarbonyl (C=S) groups is 1. The van der Waals surface area contributed by atoms with Crippen LogP contribution in [0.2, 0.25) is 5.02 Å². The highest BCUT2D eigenvalue weighted by Gasteiger charge is 2.25. The Morgan fingerprint density at radius 3 is 2.69 bits per heavy atom. The van der Waals surface area contributed by atoms with Crippen LogP contribution in [0, 0.1) is 6.92 Å². The van der Waals surface area contributed by atoms with Gasteiger partial charge in [-0.15, -0.1) is 0 Å². The zero-order chi connectivity index (χ0) is 20.4. The lowest BCUT2D eigenvalue weighted by Crippen LogP contribution is -2.43. The Kier molecular flexibility index (Phi) is 6.12. The van der Waals surface area contributed by atoms with Crippen molar-refractivity contribution < 1.29 is 0 Å². The zero-order valence-electron chi connectivity index (χ0n) is 17.1. The Hall–Kier alpha value is -2.04. The summed E-state index contributed by atoms with van der Waals surface area (Å²) >= 11 is 12.3. The minimum atomic E-state index is 0.474. The van der Waals surface area contributed by atoms with Gasteiger partial charge in [0.2, 0.25) is 0 Å². The van der Waals surface area contributed by atoms with E-state index in [0.717, 1.165) is 27.9 Å². The molecular weight excluding hydrogens is 398 g/mol. The van der Waals surface area contributed by atoms with Crippen molar-refractivity contribution in [3.63, 3.8) is 0 Å². The molecule has 3 nitrogen and oxygen atoms in total. The Morgan fingerprint density at radius 1 is 1.14 bits per heavy atom. The number of fused-ring (bicyclic) bond motifs is 1. The number of aryl methyl sites for hydroxylation is 1. The lowest BCUT2D eigenvalue weighted by Gasteiger charge is -2.36. The highest BCUT2D eigenvalue weighted by molar-refractivity contribution is 7.80. The standard InChI is InChI=1S/C24H28ClN3S/c1-17-21(25)12-8-13-22(17)26-24(29)28(19-9-4-3-5-10-19)16-18-15-27(2)23-14-7-6-11-20(18)23/h6-8,11-15,19H,3-5,9-10,16H2,1-2H3,(H,26,29). The average molecular weight is 426 g/mol. The van der Waals surface area contributed by atoms with Crippen LogP contribution in [-0.2, 0) is 13.6 Å². The predicted molar refractivity (Wildman–Crippen MR) is 128 cm³/mol. The van der Waals surface area contributed by atoms with Gasteiger partial charge >= 0.3 is 0 Å². The summed E-state index contributed by atoms with van der Waals surface area (Å²) in [5.41, 5.74) is 4.60. The van der Waals surface area contributed by atoms with Crippen molar-refractivity contribution in [3.05, 3.63) is 64.8 Å². The van der Waals surface area contributed by atoms with Crippen LogP contribution in [-0.4, -0.2) is 20.6 Å². The van der Waals surface area contributed by atoms with Crippen molar-refractivity contribution in [3.8, 4) is 0 Å². The first-order valence-corrected chi connectivity index (χ1v) is 11.2. The van der Waals surface area contributed by atoms with Crippen molar-refractivity contribution in [1.29, 1.82) is 0 Å². The summed E-state index contributed by atoms with van der Waals surface area (Å²) in [6.45, 7) is 2.85. The van der Waals surface area contributed by atoms with Gasteiger partial charge in [0.25, 0.3) is 0 Å². The second kappa shape index (κ2) is 8.76. The first kappa shape index (κ1) is 20.2. The van der Waals surface area contributed by atoms with Crippen LogP contribution >= 0.6 is 23.8 Å². The minimum Gasteiger partial charge on any atom is -0.350 e. The lowest BCUT2D eigenvalue weighted by atomic mass is 9.94. The number of hydrogen-bond donors (Lipinski definition) is 1. The average Bonchev–Trinajstić information content (AvgIpc) is 3.06. The first-order chi connectivity index (χ1) is 14.0. The van der Waals surface area contributed by atoms with Crippen LogP contribution < -0.4 is 5.32 Å². The number of nitrogens with one attached hydrogen (secondary N) is 1. The van der Waals surface area contributed by atoms with Crippen LogP contribution in [0.3, 0.4) is 0 Å². The highest BCUT2D eigenvalue weighted by Crippen LogP contribution is 2.29. The molecule has 0 atom stereocenters. The van der Waals surface area contributed by atoms with Crippen LogP contribution in [0.1, 0.15) is 43.2 Å². The van der Waals surface area contributed by atoms with Gasteiger partial charge in [0.05, 0.1) is 0 Å². The van der Waals surface area contributed by atoms with Crippen LogP contribution in [0.25, 0.3) is 10.9 Å². The molecule has 29 heavy (non-hydrogen) atoms. The molecule has 1 saturated carbocycles. The van der Waals surface area contributed by atoms with Gasteiger partial charge in [0.15, 0.2) is 5.11 Å². The summed E-state index contributed by atoms with van der Waals surface area (Å²) in [5.74, 6) is 0. The monoisotopic (exact) mass is 425 g/mol. The third-order valence-electron chi connectivity index (χ3n) is 6.11. The summed E-state index contributed by atoms with van der Waals surface area (Å²) in [6.07, 6.45) is 8.51. The predicted octanol–water partition coefficient (Wildman–Crippen LogP) is 6.67. The summed E-state index contributed by atoms with van der Waals surface area (Å²) in [4.78, 5) is 2.40. The lowest BCUT2D eigenvalue weighted by molar-refractivity contribution is 0.241. The quantitative estimate of drug-likeness (QED) is 0.471. The number of halogens is 1. The molecule has 1 fully saturated rings. The van der Waals surface area contributed by atoms with E-state index in [4.69, 9.17) is 23.8 Å². The molecule has 0 spiro atoms. The molecular formula is C24H28ClN3S. The largest absolute Gasteiger partial charge is 0.350 e. The fourth-order valence-electron chi connectivity index (χ4n) is 4.42. The van der Waals surface area contributed by atoms with Crippen molar-refractivity contribution in [2.45, 2.75) is 51.6 Å². The van der Waals surface area contributed by atoms with Crippen LogP contribution in [0.4, 0.5) is 5.69 Å². The van der Waals surface area contributed by atoms with Gasteiger partial charge in [-0.2, -0.15) is 0 Å². The molecule has 0 radical (unpaired) electrons. The second-order valence-electron chi connectivity index (χ2n) is 8.04. The Balaban J connectivity index is 1.64. The number of para-hydroxylation sites is 1. The molecule has 0 saturated heterocycles. The summed E-state index contributed by atoms with van der Waals surface area (Å²) in [5, 5.41) is 6.34. The van der Waals surface area contributed by atoms with Crippen molar-refractivity contribution >= 4 is 45.5 Å². The minimum absolute atomic E-state index is 0.474. The highest BCUT2D eigenvalue weighted by atomic mass is 35.5. The molecule has 5 heteroatoms. The van der Waals surface area contributed by atoms with Gasteiger partial charge in [0.1, 0.15) is 0 Å². The van der Waals surface area contributed by atoms with Gasteiger partial charge < -0.3 is 14.8 Å². The molecule has 0 bridgehead atoms. The molecule has 1 aliphatic carbocycles. The molecule has 4 rings (SSSR count). The van der Waals surface area contributed by atoms with Gasteiger partial charge in [0, 0.05) is 47.4 Å². The van der Waals surface area contributed by atoms with E-state index in [0.29, 0.717) is 6.04 Å². The number of anilines is 1. The molecule has 3 aromatic rings. The first-order valence-electron chi connectivity index (χ1n) is 10.4. The van der Waals surface area contributed by atoms with E-state index in [1.54, 1.807) is 0 Å². The SMILES string of the molecule is Cc1c(Cl)cccc1NC(=S)N(Cc1cn(C)c2ccccc12)C1CCCCC1. The molecule has 2 aromatic carbocycles. The van der Waals surface area contributed by atoms with E-state index in [1.165, 1.54) is 48.6 Å². The Bertz CT molecular complexity index is 1020. The fraction of sp³-hybridized carbons (Fsp3) is 0.375. The topological polar surface area (TPSA) is 20.2 Å². The second-order valence-corrected chi connectivity index (χ2v) is 8.84. The molecule has 1 aromatic heterocycles. The maximum Gasteiger partial charge on any atom is 0.173 e. The van der Waals surface area contributed by atoms with E-state index < -0.39 is 0 Å². The zero-order valence-corrected chi connectivity index (χ0v) is 18.7. The Morgan fingerprint density at radius 2 is 1.90 bits per heavy atom. The van der Waals surface area contributed by atoms with Gasteiger partial charge in [-0.25, -0.2) is 0 Å². The molecule has 1 heterocycles. The number of benzene rings is 2. The van der Waals surface area contributed by atoms with E-state index in [-0.39, 0.29) is 0 Å². The summed E-state index contributed by atoms with van der Waals surface area (Å²) in [6, 6.07) is 15.0. The molecule has 0 unspecified atom stereocenters. The van der Waals surface area contributed by atoms with E-state index in [2.05, 4.69) is 52.3 Å². The Labute approximate surface area is 183 Å². The fourth-order valence-corrected chi connectivity index (χ4v) is 4.92. The summed E-state index contributed by atoms with van der Waals surface area (Å²) in [7, 11) is 2.11. The molecule has 0 aliphatic heterocycles. The number of nitrogens with zero attached hydrogens (tertiary/aromatic N) is 2. The molecule has 152 valence electrons. The van der Waals surface area contributed by atoms with Gasteiger partial charge in [-0.3, -0.25) is 0 Å². The van der Waals surface area contributed by atoms with Crippen molar-refractivity contribution in [1.82, 2.24) is 9.47 Å². The van der Waals surface area contributed by atoms with E-state index in [9.17, 15) is 0 Å². The smallest absolute Gasteiger partial charge is 0.173 e. The third-order valence-corrected chi connectivity index (χ3v) is 6.85. The molecule has 0 amide bonds. The van der Waals surface area contributed by atoms with Gasteiger partial charge in [-0.1, -0.05) is 55.1 Å². The van der Waals surface area contributed by atoms with Gasteiger partial charge in [-0.05, 0) is 61.3 Å². The number of hydrogen-bond acceptors (Lipinski definition) is 1. The normalized spacial score (nSPS) is 14.9. The summed E-state index contributed by atoms with van der Waals surface area (Å²) < 4.78 is 2.21. The number of aromatic nitrogens is 1. The van der Waals surface area contributed by atoms with E-state index in [1.807, 2.05) is 25.1 Å². The third kappa shape index (κ3) is 4.29. The van der Waals surface area contributed by atoms with E-state index >= 15 is 0 Å². The van der Waals surface area contributed by atoms with Crippen molar-refractivity contribution in [2.75, 3.05) is 5.32 Å². The maximum absolute atomic E-state index is 6.32. The molecule has 1 aliphatic rings. The number of rotatable bonds is 4. The molecule has 1 N–H and O–H groups in total. The van der Waals surface area contributed by atoms with Crippen molar-refractivity contribution in [2.24, 2.45) is 7.05 Å². The van der Waals surface area contributed by atoms with Crippen LogP contribution in [0.15, 0.2) is 48.7 Å². The maximum atomic E-state index is 6.32. The van der Waals surface area contributed by atoms with Crippen LogP contribution in [0.5, 0.6) is 0 Å².